The van der Waals surface area contributed by atoms with Crippen LogP contribution in [0.2, 0.25) is 0 Å². The van der Waals surface area contributed by atoms with Gasteiger partial charge in [0.15, 0.2) is 0 Å². The maximum absolute atomic E-state index is 12.3. The second-order valence-corrected chi connectivity index (χ2v) is 6.44. The van der Waals surface area contributed by atoms with E-state index in [0.717, 1.165) is 12.0 Å². The number of hydrogen-bond donors (Lipinski definition) is 3. The molecule has 0 aromatic heterocycles. The molecule has 0 bridgehead atoms. The van der Waals surface area contributed by atoms with E-state index in [1.807, 2.05) is 38.1 Å². The first kappa shape index (κ1) is 20.2. The van der Waals surface area contributed by atoms with Crippen molar-refractivity contribution in [2.24, 2.45) is 5.92 Å². The van der Waals surface area contributed by atoms with Gasteiger partial charge < -0.3 is 16.0 Å². The number of hydrogen-bond acceptors (Lipinski definition) is 3. The zero-order valence-corrected chi connectivity index (χ0v) is 15.8. The van der Waals surface area contributed by atoms with Gasteiger partial charge in [0, 0.05) is 36.3 Å². The first-order valence-corrected chi connectivity index (χ1v) is 8.94. The number of carbonyl (C=O) groups is 3. The van der Waals surface area contributed by atoms with E-state index in [4.69, 9.17) is 0 Å². The summed E-state index contributed by atoms with van der Waals surface area (Å²) in [7, 11) is 0. The minimum Gasteiger partial charge on any atom is -0.348 e. The highest BCUT2D eigenvalue weighted by molar-refractivity contribution is 5.95. The van der Waals surface area contributed by atoms with E-state index >= 15 is 0 Å². The Hall–Kier alpha value is -3.15. The van der Waals surface area contributed by atoms with Gasteiger partial charge in [-0.2, -0.15) is 0 Å². The maximum atomic E-state index is 12.3. The largest absolute Gasteiger partial charge is 0.348 e. The van der Waals surface area contributed by atoms with Crippen molar-refractivity contribution in [1.29, 1.82) is 0 Å². The molecule has 0 aliphatic rings. The van der Waals surface area contributed by atoms with Crippen LogP contribution in [0.5, 0.6) is 0 Å². The molecule has 6 nitrogen and oxygen atoms in total. The fourth-order valence-corrected chi connectivity index (χ4v) is 2.40. The minimum absolute atomic E-state index is 0.0158. The van der Waals surface area contributed by atoms with Crippen molar-refractivity contribution in [1.82, 2.24) is 5.32 Å². The number of carbonyl (C=O) groups excluding carboxylic acids is 3. The summed E-state index contributed by atoms with van der Waals surface area (Å²) in [4.78, 5) is 35.3. The Balaban J connectivity index is 1.94. The van der Waals surface area contributed by atoms with Gasteiger partial charge in [-0.15, -0.1) is 0 Å². The van der Waals surface area contributed by atoms with E-state index in [1.54, 1.807) is 24.3 Å². The van der Waals surface area contributed by atoms with Crippen LogP contribution in [0.1, 0.15) is 43.1 Å². The first-order chi connectivity index (χ1) is 12.9. The molecule has 0 heterocycles. The maximum Gasteiger partial charge on any atom is 0.251 e. The van der Waals surface area contributed by atoms with E-state index in [-0.39, 0.29) is 23.6 Å². The van der Waals surface area contributed by atoms with E-state index in [9.17, 15) is 14.4 Å². The zero-order valence-electron chi connectivity index (χ0n) is 15.8. The van der Waals surface area contributed by atoms with Crippen LogP contribution in [0, 0.1) is 5.92 Å². The molecule has 0 aliphatic carbocycles. The molecule has 3 amide bonds. The molecule has 1 atom stereocenters. The van der Waals surface area contributed by atoms with Crippen LogP contribution in [-0.4, -0.2) is 17.7 Å². The Bertz CT molecular complexity index is 816. The minimum atomic E-state index is -0.210. The highest BCUT2D eigenvalue weighted by Gasteiger charge is 2.11. The molecule has 0 saturated heterocycles. The van der Waals surface area contributed by atoms with Crippen molar-refractivity contribution in [2.75, 3.05) is 10.6 Å². The van der Waals surface area contributed by atoms with Crippen LogP contribution in [0.25, 0.3) is 0 Å². The van der Waals surface area contributed by atoms with Crippen LogP contribution in [0.4, 0.5) is 11.4 Å². The lowest BCUT2D eigenvalue weighted by molar-refractivity contribution is -0.119. The van der Waals surface area contributed by atoms with Crippen molar-refractivity contribution in [3.05, 3.63) is 59.7 Å². The average Bonchev–Trinajstić information content (AvgIpc) is 2.65. The van der Waals surface area contributed by atoms with Gasteiger partial charge in [-0.1, -0.05) is 26.0 Å². The summed E-state index contributed by atoms with van der Waals surface area (Å²) in [5, 5.41) is 8.40. The Kier molecular flexibility index (Phi) is 7.11. The quantitative estimate of drug-likeness (QED) is 0.699. The van der Waals surface area contributed by atoms with Crippen LogP contribution in [-0.2, 0) is 16.1 Å². The SMILES string of the molecule is CC[C@H](C)C(=O)Nc1cccc(CNC(=O)c2ccc(NC(C)=O)cc2)c1. The highest BCUT2D eigenvalue weighted by atomic mass is 16.2. The predicted octanol–water partition coefficient (Wildman–Crippen LogP) is 3.56. The molecule has 0 saturated carbocycles. The lowest BCUT2D eigenvalue weighted by Crippen LogP contribution is -2.23. The summed E-state index contributed by atoms with van der Waals surface area (Å²) in [5.41, 5.74) is 2.75. The van der Waals surface area contributed by atoms with Gasteiger partial charge in [0.2, 0.25) is 11.8 Å². The average molecular weight is 367 g/mol. The van der Waals surface area contributed by atoms with Gasteiger partial charge >= 0.3 is 0 Å². The lowest BCUT2D eigenvalue weighted by Gasteiger charge is -2.11. The summed E-state index contributed by atoms with van der Waals surface area (Å²) in [5.74, 6) is -0.433. The van der Waals surface area contributed by atoms with Crippen molar-refractivity contribution >= 4 is 29.1 Å². The van der Waals surface area contributed by atoms with Gasteiger partial charge in [0.25, 0.3) is 5.91 Å². The number of benzene rings is 2. The van der Waals surface area contributed by atoms with E-state index in [1.165, 1.54) is 6.92 Å². The Morgan fingerprint density at radius 1 is 0.963 bits per heavy atom. The van der Waals surface area contributed by atoms with Gasteiger partial charge in [-0.25, -0.2) is 0 Å². The fourth-order valence-electron chi connectivity index (χ4n) is 2.40. The molecule has 6 heteroatoms. The van der Waals surface area contributed by atoms with Crippen LogP contribution >= 0.6 is 0 Å². The van der Waals surface area contributed by atoms with Crippen molar-refractivity contribution in [2.45, 2.75) is 33.7 Å². The molecule has 3 N–H and O–H groups in total. The van der Waals surface area contributed by atoms with Gasteiger partial charge in [-0.05, 0) is 48.4 Å². The zero-order chi connectivity index (χ0) is 19.8. The predicted molar refractivity (Wildman–Crippen MR) is 106 cm³/mol. The first-order valence-electron chi connectivity index (χ1n) is 8.94. The van der Waals surface area contributed by atoms with Crippen molar-refractivity contribution < 1.29 is 14.4 Å². The second kappa shape index (κ2) is 9.52. The molecule has 27 heavy (non-hydrogen) atoms. The molecule has 0 spiro atoms. The summed E-state index contributed by atoms with van der Waals surface area (Å²) in [6.07, 6.45) is 0.780. The Labute approximate surface area is 159 Å². The van der Waals surface area contributed by atoms with E-state index in [0.29, 0.717) is 23.5 Å². The molecule has 0 radical (unpaired) electrons. The summed E-state index contributed by atoms with van der Waals surface area (Å²) >= 11 is 0. The third kappa shape index (κ3) is 6.26. The smallest absolute Gasteiger partial charge is 0.251 e. The molecule has 2 rings (SSSR count). The summed E-state index contributed by atoms with van der Waals surface area (Å²) in [6.45, 7) is 5.63. The van der Waals surface area contributed by atoms with Gasteiger partial charge in [0.1, 0.15) is 0 Å². The standard InChI is InChI=1S/C21H25N3O3/c1-4-14(2)20(26)24-19-7-5-6-16(12-19)13-22-21(27)17-8-10-18(11-9-17)23-15(3)25/h5-12,14H,4,13H2,1-3H3,(H,22,27)(H,23,25)(H,24,26)/t14-/m0/s1. The topological polar surface area (TPSA) is 87.3 Å². The number of nitrogens with one attached hydrogen (secondary N) is 3. The van der Waals surface area contributed by atoms with E-state index < -0.39 is 0 Å². The molecule has 2 aromatic rings. The number of amides is 3. The van der Waals surface area contributed by atoms with Crippen LogP contribution in [0.15, 0.2) is 48.5 Å². The fraction of sp³-hybridized carbons (Fsp3) is 0.286. The third-order valence-electron chi connectivity index (χ3n) is 4.18. The van der Waals surface area contributed by atoms with Crippen LogP contribution < -0.4 is 16.0 Å². The third-order valence-corrected chi connectivity index (χ3v) is 4.18. The normalized spacial score (nSPS) is 11.4. The van der Waals surface area contributed by atoms with Crippen molar-refractivity contribution in [3.8, 4) is 0 Å². The monoisotopic (exact) mass is 367 g/mol. The molecule has 2 aromatic carbocycles. The summed E-state index contributed by atoms with van der Waals surface area (Å²) in [6, 6.07) is 14.1. The number of anilines is 2. The molecular formula is C21H25N3O3. The summed E-state index contributed by atoms with van der Waals surface area (Å²) < 4.78 is 0. The highest BCUT2D eigenvalue weighted by Crippen LogP contribution is 2.14. The second-order valence-electron chi connectivity index (χ2n) is 6.44. The number of rotatable bonds is 7. The van der Waals surface area contributed by atoms with E-state index in [2.05, 4.69) is 16.0 Å². The molecule has 0 unspecified atom stereocenters. The molecule has 0 fully saturated rings. The van der Waals surface area contributed by atoms with Gasteiger partial charge in [0.05, 0.1) is 0 Å². The van der Waals surface area contributed by atoms with Crippen molar-refractivity contribution in [3.63, 3.8) is 0 Å². The molecular weight excluding hydrogens is 342 g/mol. The Morgan fingerprint density at radius 2 is 1.67 bits per heavy atom. The molecule has 142 valence electrons. The Morgan fingerprint density at radius 3 is 2.30 bits per heavy atom. The van der Waals surface area contributed by atoms with Crippen LogP contribution in [0.3, 0.4) is 0 Å². The lowest BCUT2D eigenvalue weighted by atomic mass is 10.1. The van der Waals surface area contributed by atoms with Gasteiger partial charge in [-0.3, -0.25) is 14.4 Å². The molecule has 0 aliphatic heterocycles.